The largest absolute Gasteiger partial charge is 0.455 e. The standard InChI is InChI=1S/C70H83ClN10O15S2/c1-70(2)20-16-50(57(41-70)48-6-8-51(71)9-7-48)44-77-24-26-78(27-25-77)52-10-12-56(62(39-52)96-53-38-49-17-21-72-66(49)74-43-53)67(84)76-98(89,90)54-11-13-59(61(40-54)81(87)88)73-42-47-18-22-79(23-19-47)65(83)46-95-35-34-93-31-30-91-28-29-92-32-33-94-36-37-97-63-5-3-4-55-58(63)45-80(69(55)86)60-14-15-64(82)75-68(60)85/h3-13,17,21,38-40,43,47,60,73H,14-16,18-20,22-37,41-42,44-46H2,1-2H3,(H,72,74)(H,76,84)(H,75,82,85). The van der Waals surface area contributed by atoms with E-state index in [0.29, 0.717) is 133 Å². The van der Waals surface area contributed by atoms with Gasteiger partial charge >= 0.3 is 0 Å². The Balaban J connectivity index is 0.567. The first-order chi connectivity index (χ1) is 47.3. The van der Waals surface area contributed by atoms with Crippen LogP contribution >= 0.6 is 23.4 Å². The van der Waals surface area contributed by atoms with Gasteiger partial charge in [0.2, 0.25) is 17.7 Å². The SMILES string of the molecule is CC1(C)CCC(CN2CCN(c3ccc(C(=O)NS(=O)(=O)c4ccc(NCC5CCN(C(=O)COCCOCCOCCOCCOCCSc6cccc7c6CN(C6CCC(=O)NC6=O)C7=O)CC5)c([N+](=O)[O-])c4)c(Oc4cnc5[nH]ccc5c4)c3)CC2)=C(c2ccc(Cl)cc2)C1. The molecule has 5 aliphatic rings. The quantitative estimate of drug-likeness (QED) is 0.0101. The summed E-state index contributed by atoms with van der Waals surface area (Å²) < 4.78 is 64.5. The average Bonchev–Trinajstić information content (AvgIpc) is 1.56. The number of amides is 5. The Hall–Kier alpha value is -7.99. The third-order valence-corrected chi connectivity index (χ3v) is 21.0. The molecule has 4 N–H and O–H groups in total. The van der Waals surface area contributed by atoms with Gasteiger partial charge in [0.05, 0.1) is 81.0 Å². The number of anilines is 2. The zero-order valence-electron chi connectivity index (χ0n) is 55.1. The van der Waals surface area contributed by atoms with Gasteiger partial charge in [-0.2, -0.15) is 0 Å². The average molecular weight is 1400 g/mol. The van der Waals surface area contributed by atoms with Crippen molar-refractivity contribution in [1.29, 1.82) is 0 Å². The maximum Gasteiger partial charge on any atom is 0.293 e. The lowest BCUT2D eigenvalue weighted by Crippen LogP contribution is -2.52. The Morgan fingerprint density at radius 1 is 0.816 bits per heavy atom. The number of halogens is 1. The Labute approximate surface area is 578 Å². The number of nitro benzene ring substituents is 1. The number of aromatic nitrogens is 2. The van der Waals surface area contributed by atoms with Crippen LogP contribution in [0.25, 0.3) is 16.6 Å². The number of H-pyrrole nitrogens is 1. The molecule has 1 aliphatic carbocycles. The number of nitrogens with zero attached hydrogens (tertiary/aromatic N) is 6. The van der Waals surface area contributed by atoms with E-state index in [1.807, 2.05) is 30.3 Å². The van der Waals surface area contributed by atoms with E-state index in [-0.39, 0.29) is 72.3 Å². The molecule has 3 fully saturated rings. The molecule has 28 heteroatoms. The van der Waals surface area contributed by atoms with Crippen molar-refractivity contribution >= 4 is 96.6 Å². The number of hydrogen-bond donors (Lipinski definition) is 4. The number of piperidine rings is 2. The highest BCUT2D eigenvalue weighted by Crippen LogP contribution is 2.44. The van der Waals surface area contributed by atoms with Crippen molar-refractivity contribution in [2.24, 2.45) is 11.3 Å². The maximum atomic E-state index is 14.2. The van der Waals surface area contributed by atoms with Crippen LogP contribution in [0, 0.1) is 21.4 Å². The number of piperazine rings is 1. The molecule has 5 amide bonds. The van der Waals surface area contributed by atoms with Gasteiger partial charge in [0, 0.05) is 116 Å². The molecule has 522 valence electrons. The predicted molar refractivity (Wildman–Crippen MR) is 370 cm³/mol. The Kier molecular flexibility index (Phi) is 24.2. The molecule has 6 heterocycles. The van der Waals surface area contributed by atoms with Gasteiger partial charge in [0.1, 0.15) is 35.5 Å². The Morgan fingerprint density at radius 3 is 2.24 bits per heavy atom. The number of thioether (sulfide) groups is 1. The van der Waals surface area contributed by atoms with Crippen molar-refractivity contribution in [3.63, 3.8) is 0 Å². The number of nitrogens with one attached hydrogen (secondary N) is 4. The molecule has 4 aromatic carbocycles. The van der Waals surface area contributed by atoms with Crippen LogP contribution in [0.3, 0.4) is 0 Å². The monoisotopic (exact) mass is 1400 g/mol. The summed E-state index contributed by atoms with van der Waals surface area (Å²) in [5.74, 6) is -0.969. The molecule has 2 aromatic heterocycles. The number of allylic oxidation sites excluding steroid dienone is 1. The molecule has 11 rings (SSSR count). The molecule has 3 saturated heterocycles. The van der Waals surface area contributed by atoms with E-state index in [2.05, 4.69) is 61.1 Å². The second kappa shape index (κ2) is 33.2. The minimum atomic E-state index is -4.66. The summed E-state index contributed by atoms with van der Waals surface area (Å²) in [5, 5.41) is 19.4. The Morgan fingerprint density at radius 2 is 1.53 bits per heavy atom. The van der Waals surface area contributed by atoms with Gasteiger partial charge in [-0.05, 0) is 127 Å². The van der Waals surface area contributed by atoms with Gasteiger partial charge in [-0.1, -0.05) is 49.2 Å². The van der Waals surface area contributed by atoms with Crippen molar-refractivity contribution < 1.29 is 65.7 Å². The topological polar surface area (TPSA) is 296 Å². The van der Waals surface area contributed by atoms with Crippen LogP contribution in [-0.2, 0) is 54.6 Å². The molecule has 98 heavy (non-hydrogen) atoms. The lowest BCUT2D eigenvalue weighted by Gasteiger charge is -2.39. The molecule has 0 saturated carbocycles. The molecule has 0 bridgehead atoms. The van der Waals surface area contributed by atoms with E-state index in [1.165, 1.54) is 41.1 Å². The van der Waals surface area contributed by atoms with Crippen LogP contribution in [-0.4, -0.2) is 198 Å². The zero-order valence-corrected chi connectivity index (χ0v) is 57.5. The number of benzene rings is 4. The van der Waals surface area contributed by atoms with Crippen LogP contribution in [0.15, 0.2) is 119 Å². The molecular formula is C70H83ClN10O15S2. The molecule has 6 aromatic rings. The van der Waals surface area contributed by atoms with E-state index in [0.717, 1.165) is 66.5 Å². The predicted octanol–water partition coefficient (Wildman–Crippen LogP) is 9.11. The number of sulfonamides is 1. The summed E-state index contributed by atoms with van der Waals surface area (Å²) in [6.45, 7) is 13.2. The number of pyridine rings is 1. The number of nitro groups is 1. The second-order valence-electron chi connectivity index (χ2n) is 25.7. The molecule has 4 aliphatic heterocycles. The summed E-state index contributed by atoms with van der Waals surface area (Å²) in [5.41, 5.74) is 6.67. The van der Waals surface area contributed by atoms with Crippen LogP contribution in [0.1, 0.15) is 90.6 Å². The van der Waals surface area contributed by atoms with Crippen LogP contribution < -0.4 is 25.0 Å². The fourth-order valence-corrected chi connectivity index (χ4v) is 14.9. The minimum Gasteiger partial charge on any atom is -0.455 e. The highest BCUT2D eigenvalue weighted by atomic mass is 35.5. The van der Waals surface area contributed by atoms with E-state index < -0.39 is 43.4 Å². The first-order valence-electron chi connectivity index (χ1n) is 33.2. The smallest absolute Gasteiger partial charge is 0.293 e. The number of hydrogen-bond acceptors (Lipinski definition) is 20. The van der Waals surface area contributed by atoms with E-state index >= 15 is 0 Å². The zero-order chi connectivity index (χ0) is 68.8. The molecule has 25 nitrogen and oxygen atoms in total. The normalized spacial score (nSPS) is 17.7. The maximum absolute atomic E-state index is 14.2. The van der Waals surface area contributed by atoms with Gasteiger partial charge in [-0.25, -0.2) is 18.1 Å². The molecule has 0 radical (unpaired) electrons. The van der Waals surface area contributed by atoms with Crippen LogP contribution in [0.2, 0.25) is 5.02 Å². The number of rotatable bonds is 32. The first kappa shape index (κ1) is 71.3. The lowest BCUT2D eigenvalue weighted by atomic mass is 9.72. The number of carbonyl (C=O) groups excluding carboxylic acids is 5. The number of carbonyl (C=O) groups is 5. The van der Waals surface area contributed by atoms with E-state index in [1.54, 1.807) is 52.0 Å². The summed E-state index contributed by atoms with van der Waals surface area (Å²) >= 11 is 7.86. The van der Waals surface area contributed by atoms with Crippen LogP contribution in [0.4, 0.5) is 17.1 Å². The van der Waals surface area contributed by atoms with Crippen molar-refractivity contribution in [2.75, 3.05) is 134 Å². The van der Waals surface area contributed by atoms with Crippen LogP contribution in [0.5, 0.6) is 11.5 Å². The number of fused-ring (bicyclic) bond motifs is 2. The lowest BCUT2D eigenvalue weighted by molar-refractivity contribution is -0.384. The summed E-state index contributed by atoms with van der Waals surface area (Å²) in [7, 11) is -4.66. The van der Waals surface area contributed by atoms with Gasteiger partial charge in [-0.3, -0.25) is 44.3 Å². The summed E-state index contributed by atoms with van der Waals surface area (Å²) in [4.78, 5) is 92.0. The fourth-order valence-electron chi connectivity index (χ4n) is 12.9. The van der Waals surface area contributed by atoms with E-state index in [4.69, 9.17) is 40.0 Å². The number of imide groups is 1. The fraction of sp³-hybridized carbons (Fsp3) is 0.457. The third-order valence-electron chi connectivity index (χ3n) is 18.3. The first-order valence-corrected chi connectivity index (χ1v) is 36.0. The van der Waals surface area contributed by atoms with Gasteiger partial charge in [0.25, 0.3) is 27.5 Å². The summed E-state index contributed by atoms with van der Waals surface area (Å²) in [6, 6.07) is 25.1. The van der Waals surface area contributed by atoms with Crippen molar-refractivity contribution in [3.8, 4) is 11.5 Å². The highest BCUT2D eigenvalue weighted by molar-refractivity contribution is 7.99. The van der Waals surface area contributed by atoms with Crippen molar-refractivity contribution in [1.82, 2.24) is 34.7 Å². The number of ether oxygens (including phenoxy) is 6. The Bertz CT molecular complexity index is 4010. The summed E-state index contributed by atoms with van der Waals surface area (Å²) in [6.07, 6.45) is 8.15. The molecule has 1 atom stereocenters. The molecule has 1 unspecified atom stereocenters. The van der Waals surface area contributed by atoms with Gasteiger partial charge < -0.3 is 53.4 Å². The van der Waals surface area contributed by atoms with Gasteiger partial charge in [-0.15, -0.1) is 11.8 Å². The molecule has 0 spiro atoms. The number of likely N-dealkylation sites (tertiary alicyclic amines) is 1. The highest BCUT2D eigenvalue weighted by Gasteiger charge is 2.40. The third kappa shape index (κ3) is 18.7. The number of aromatic amines is 1. The van der Waals surface area contributed by atoms with Gasteiger partial charge in [0.15, 0.2) is 0 Å². The second-order valence-corrected chi connectivity index (χ2v) is 28.9. The van der Waals surface area contributed by atoms with E-state index in [9.17, 15) is 42.5 Å². The minimum absolute atomic E-state index is 0.0580. The molecular weight excluding hydrogens is 1320 g/mol. The van der Waals surface area contributed by atoms with Crippen molar-refractivity contribution in [3.05, 3.63) is 146 Å². The van der Waals surface area contributed by atoms with Crippen molar-refractivity contribution in [2.45, 2.75) is 81.2 Å².